The number of carbonyl (C=O) groups is 1. The Labute approximate surface area is 191 Å². The van der Waals surface area contributed by atoms with Crippen LogP contribution in [0.2, 0.25) is 0 Å². The zero-order valence-corrected chi connectivity index (χ0v) is 19.1. The first-order valence-corrected chi connectivity index (χ1v) is 11.1. The first-order chi connectivity index (χ1) is 15.7. The predicted molar refractivity (Wildman–Crippen MR) is 124 cm³/mol. The fourth-order valence-corrected chi connectivity index (χ4v) is 4.37. The van der Waals surface area contributed by atoms with Crippen molar-refractivity contribution in [2.45, 2.75) is 45.5 Å². The number of aliphatic hydroxyl groups is 1. The average molecular weight is 455 g/mol. The van der Waals surface area contributed by atoms with Crippen molar-refractivity contribution in [1.82, 2.24) is 19.4 Å². The summed E-state index contributed by atoms with van der Waals surface area (Å²) in [6.07, 6.45) is 1.78. The Morgan fingerprint density at radius 3 is 2.79 bits per heavy atom. The van der Waals surface area contributed by atoms with Crippen LogP contribution in [-0.4, -0.2) is 55.7 Å². The zero-order chi connectivity index (χ0) is 23.7. The van der Waals surface area contributed by atoms with Crippen molar-refractivity contribution in [3.63, 3.8) is 0 Å². The largest absolute Gasteiger partial charge is 0.480 e. The molecule has 3 heterocycles. The minimum Gasteiger partial charge on any atom is -0.480 e. The summed E-state index contributed by atoms with van der Waals surface area (Å²) in [5.74, 6) is 0.0769. The van der Waals surface area contributed by atoms with Crippen LogP contribution in [0.5, 0.6) is 0 Å². The molecule has 1 fully saturated rings. The maximum absolute atomic E-state index is 12.2. The fraction of sp³-hybridized carbons (Fsp3) is 0.458. The van der Waals surface area contributed by atoms with Gasteiger partial charge in [-0.3, -0.25) is 14.9 Å². The maximum Gasteiger partial charge on any atom is 0.323 e. The number of aromatic nitrogens is 3. The van der Waals surface area contributed by atoms with E-state index in [1.54, 1.807) is 24.7 Å². The van der Waals surface area contributed by atoms with Gasteiger partial charge in [0.05, 0.1) is 23.7 Å². The molecule has 1 aliphatic heterocycles. The van der Waals surface area contributed by atoms with E-state index < -0.39 is 18.1 Å². The third kappa shape index (κ3) is 4.85. The van der Waals surface area contributed by atoms with Crippen LogP contribution in [0.4, 0.5) is 0 Å². The number of carboxylic acid groups (broad SMARTS) is 1. The Morgan fingerprint density at radius 2 is 2.15 bits per heavy atom. The highest BCUT2D eigenvalue weighted by Crippen LogP contribution is 2.28. The summed E-state index contributed by atoms with van der Waals surface area (Å²) in [4.78, 5) is 28.5. The minimum absolute atomic E-state index is 0.0370. The van der Waals surface area contributed by atoms with E-state index >= 15 is 0 Å². The lowest BCUT2D eigenvalue weighted by molar-refractivity contribution is -0.142. The highest BCUT2D eigenvalue weighted by molar-refractivity contribution is 5.81. The highest BCUT2D eigenvalue weighted by Gasteiger charge is 2.23. The molecule has 0 spiro atoms. The molecule has 176 valence electrons. The normalized spacial score (nSPS) is 18.0. The molecule has 33 heavy (non-hydrogen) atoms. The summed E-state index contributed by atoms with van der Waals surface area (Å²) in [6.45, 7) is 5.77. The number of rotatable bonds is 8. The Hall–Kier alpha value is -3.01. The second kappa shape index (κ2) is 9.46. The van der Waals surface area contributed by atoms with Crippen LogP contribution in [0.25, 0.3) is 22.4 Å². The standard InChI is InChI=1S/C24H30N4O5/c1-14-8-18(12-27(3)23(14)30)22-26-19-9-16(10-25-21(15(2)29)24(31)32)4-5-20(19)28(22)11-17-6-7-33-13-17/h4-5,8-9,12,15,17,21,25,29H,6-7,10-11,13H2,1-3H3,(H,31,32)/t15-,17-,21+/m1/s1. The van der Waals surface area contributed by atoms with Gasteiger partial charge in [-0.05, 0) is 44.0 Å². The summed E-state index contributed by atoms with van der Waals surface area (Å²) in [6, 6.07) is 6.68. The van der Waals surface area contributed by atoms with Gasteiger partial charge in [-0.15, -0.1) is 0 Å². The molecule has 0 saturated carbocycles. The smallest absolute Gasteiger partial charge is 0.323 e. The van der Waals surface area contributed by atoms with Gasteiger partial charge in [0.1, 0.15) is 11.9 Å². The molecule has 0 bridgehead atoms. The van der Waals surface area contributed by atoms with E-state index in [0.29, 0.717) is 18.1 Å². The lowest BCUT2D eigenvalue weighted by Crippen LogP contribution is -2.44. The van der Waals surface area contributed by atoms with Crippen LogP contribution in [0, 0.1) is 12.8 Å². The van der Waals surface area contributed by atoms with Gasteiger partial charge in [0.2, 0.25) is 0 Å². The number of nitrogens with one attached hydrogen (secondary N) is 1. The number of pyridine rings is 1. The predicted octanol–water partition coefficient (Wildman–Crippen LogP) is 1.67. The van der Waals surface area contributed by atoms with Crippen molar-refractivity contribution >= 4 is 17.0 Å². The van der Waals surface area contributed by atoms with E-state index in [2.05, 4.69) is 9.88 Å². The van der Waals surface area contributed by atoms with Gasteiger partial charge < -0.3 is 24.1 Å². The van der Waals surface area contributed by atoms with E-state index in [-0.39, 0.29) is 12.1 Å². The lowest BCUT2D eigenvalue weighted by Gasteiger charge is -2.17. The van der Waals surface area contributed by atoms with Crippen LogP contribution in [-0.2, 0) is 29.7 Å². The van der Waals surface area contributed by atoms with Crippen LogP contribution >= 0.6 is 0 Å². The number of imidazole rings is 1. The second-order valence-corrected chi connectivity index (χ2v) is 8.86. The van der Waals surface area contributed by atoms with Crippen molar-refractivity contribution < 1.29 is 19.7 Å². The van der Waals surface area contributed by atoms with E-state index in [1.165, 1.54) is 6.92 Å². The first-order valence-electron chi connectivity index (χ1n) is 11.1. The molecule has 2 aromatic heterocycles. The van der Waals surface area contributed by atoms with Crippen molar-refractivity contribution in [1.29, 1.82) is 0 Å². The first kappa shape index (κ1) is 23.2. The Balaban J connectivity index is 1.73. The number of fused-ring (bicyclic) bond motifs is 1. The Kier molecular flexibility index (Phi) is 6.64. The van der Waals surface area contributed by atoms with Crippen LogP contribution < -0.4 is 10.9 Å². The van der Waals surface area contributed by atoms with E-state index in [0.717, 1.165) is 47.6 Å². The summed E-state index contributed by atoms with van der Waals surface area (Å²) in [5.41, 5.74) is 4.11. The topological polar surface area (TPSA) is 119 Å². The fourth-order valence-electron chi connectivity index (χ4n) is 4.37. The number of aliphatic carboxylic acids is 1. The quantitative estimate of drug-likeness (QED) is 0.474. The molecule has 3 aromatic rings. The molecule has 9 heteroatoms. The molecule has 1 aliphatic rings. The van der Waals surface area contributed by atoms with Crippen LogP contribution in [0.15, 0.2) is 35.3 Å². The van der Waals surface area contributed by atoms with Gasteiger partial charge in [-0.1, -0.05) is 6.07 Å². The Morgan fingerprint density at radius 1 is 1.36 bits per heavy atom. The summed E-state index contributed by atoms with van der Waals surface area (Å²) in [7, 11) is 1.74. The number of aryl methyl sites for hydroxylation is 2. The summed E-state index contributed by atoms with van der Waals surface area (Å²) >= 11 is 0. The molecular weight excluding hydrogens is 424 g/mol. The number of aliphatic hydroxyl groups excluding tert-OH is 1. The van der Waals surface area contributed by atoms with Gasteiger partial charge in [0, 0.05) is 50.0 Å². The molecule has 1 aromatic carbocycles. The zero-order valence-electron chi connectivity index (χ0n) is 19.1. The van der Waals surface area contributed by atoms with Gasteiger partial charge in [-0.2, -0.15) is 0 Å². The van der Waals surface area contributed by atoms with Gasteiger partial charge >= 0.3 is 5.97 Å². The van der Waals surface area contributed by atoms with Gasteiger partial charge in [-0.25, -0.2) is 4.98 Å². The maximum atomic E-state index is 12.2. The van der Waals surface area contributed by atoms with Crippen molar-refractivity contribution in [3.05, 3.63) is 51.9 Å². The molecular formula is C24H30N4O5. The summed E-state index contributed by atoms with van der Waals surface area (Å²) in [5, 5.41) is 21.9. The molecule has 0 unspecified atom stereocenters. The monoisotopic (exact) mass is 454 g/mol. The molecule has 4 rings (SSSR count). The SMILES string of the molecule is Cc1cc(-c2nc3cc(CN[C@H](C(=O)O)[C@@H](C)O)ccc3n2C[C@H]2CCOC2)cn(C)c1=O. The van der Waals surface area contributed by atoms with Gasteiger partial charge in [0.15, 0.2) is 0 Å². The van der Waals surface area contributed by atoms with Gasteiger partial charge in [0.25, 0.3) is 5.56 Å². The molecule has 0 amide bonds. The lowest BCUT2D eigenvalue weighted by atomic mass is 10.1. The molecule has 3 N–H and O–H groups in total. The molecule has 0 aliphatic carbocycles. The Bertz CT molecular complexity index is 1200. The van der Waals surface area contributed by atoms with Crippen molar-refractivity contribution in [2.75, 3.05) is 13.2 Å². The molecule has 3 atom stereocenters. The molecule has 1 saturated heterocycles. The second-order valence-electron chi connectivity index (χ2n) is 8.86. The third-order valence-corrected chi connectivity index (χ3v) is 6.17. The number of nitrogens with zero attached hydrogens (tertiary/aromatic N) is 3. The minimum atomic E-state index is -1.10. The molecule has 9 nitrogen and oxygen atoms in total. The van der Waals surface area contributed by atoms with E-state index in [9.17, 15) is 19.8 Å². The number of hydrogen-bond acceptors (Lipinski definition) is 6. The van der Waals surface area contributed by atoms with Crippen LogP contribution in [0.1, 0.15) is 24.5 Å². The number of ether oxygens (including phenoxy) is 1. The number of hydrogen-bond donors (Lipinski definition) is 3. The van der Waals surface area contributed by atoms with Crippen molar-refractivity contribution in [2.24, 2.45) is 13.0 Å². The number of carboxylic acids is 1. The summed E-state index contributed by atoms with van der Waals surface area (Å²) < 4.78 is 9.33. The van der Waals surface area contributed by atoms with E-state index in [4.69, 9.17) is 9.72 Å². The van der Waals surface area contributed by atoms with E-state index in [1.807, 2.05) is 24.3 Å². The number of benzene rings is 1. The third-order valence-electron chi connectivity index (χ3n) is 6.17. The highest BCUT2D eigenvalue weighted by atomic mass is 16.5. The average Bonchev–Trinajstić information content (AvgIpc) is 3.39. The van der Waals surface area contributed by atoms with Crippen LogP contribution in [0.3, 0.4) is 0 Å². The molecule has 0 radical (unpaired) electrons. The van der Waals surface area contributed by atoms with Crippen molar-refractivity contribution in [3.8, 4) is 11.4 Å².